The molecule has 1 aromatic rings. The third kappa shape index (κ3) is 3.97. The van der Waals surface area contributed by atoms with Crippen molar-refractivity contribution in [1.29, 1.82) is 0 Å². The van der Waals surface area contributed by atoms with Gasteiger partial charge in [-0.2, -0.15) is 0 Å². The Morgan fingerprint density at radius 2 is 2.11 bits per heavy atom. The summed E-state index contributed by atoms with van der Waals surface area (Å²) < 4.78 is 5.89. The summed E-state index contributed by atoms with van der Waals surface area (Å²) in [6.45, 7) is 2.06. The number of rotatable bonds is 4. The van der Waals surface area contributed by atoms with Crippen molar-refractivity contribution in [2.75, 3.05) is 26.3 Å². The molecule has 6 heteroatoms. The average molecular weight is 327 g/mol. The highest BCUT2D eigenvalue weighted by Gasteiger charge is 2.35. The number of benzene rings is 1. The SMILES string of the molecule is Cl.OCCOC1(c2ccc(Cl)c(Cl)c2)CCCNC1. The maximum absolute atomic E-state index is 8.96. The Bertz CT molecular complexity index is 409. The van der Waals surface area contributed by atoms with E-state index in [-0.39, 0.29) is 19.0 Å². The molecule has 0 aliphatic carbocycles. The third-order valence-corrected chi connectivity index (χ3v) is 4.00. The van der Waals surface area contributed by atoms with Gasteiger partial charge in [-0.25, -0.2) is 0 Å². The zero-order valence-corrected chi connectivity index (χ0v) is 12.8. The monoisotopic (exact) mass is 325 g/mol. The van der Waals surface area contributed by atoms with Crippen LogP contribution in [0.15, 0.2) is 18.2 Å². The van der Waals surface area contributed by atoms with Crippen molar-refractivity contribution in [2.24, 2.45) is 0 Å². The lowest BCUT2D eigenvalue weighted by atomic mass is 9.86. The van der Waals surface area contributed by atoms with E-state index in [9.17, 15) is 0 Å². The van der Waals surface area contributed by atoms with Crippen LogP contribution in [0.2, 0.25) is 10.0 Å². The molecule has 1 unspecified atom stereocenters. The number of hydrogen-bond donors (Lipinski definition) is 2. The lowest BCUT2D eigenvalue weighted by molar-refractivity contribution is -0.0767. The minimum Gasteiger partial charge on any atom is -0.394 e. The lowest BCUT2D eigenvalue weighted by Crippen LogP contribution is -2.45. The Balaban J connectivity index is 0.00000180. The number of ether oxygens (including phenoxy) is 1. The molecule has 0 radical (unpaired) electrons. The molecular formula is C13H18Cl3NO2. The number of aliphatic hydroxyl groups is 1. The third-order valence-electron chi connectivity index (χ3n) is 3.26. The predicted octanol–water partition coefficient (Wildman–Crippen LogP) is 3.00. The van der Waals surface area contributed by atoms with Crippen LogP contribution >= 0.6 is 35.6 Å². The zero-order valence-electron chi connectivity index (χ0n) is 10.5. The Morgan fingerprint density at radius 1 is 1.32 bits per heavy atom. The molecule has 1 aromatic carbocycles. The molecule has 2 rings (SSSR count). The number of nitrogens with one attached hydrogen (secondary N) is 1. The van der Waals surface area contributed by atoms with Crippen molar-refractivity contribution in [2.45, 2.75) is 18.4 Å². The Morgan fingerprint density at radius 3 is 2.68 bits per heavy atom. The van der Waals surface area contributed by atoms with Gasteiger partial charge in [-0.15, -0.1) is 12.4 Å². The van der Waals surface area contributed by atoms with Crippen LogP contribution in [0.25, 0.3) is 0 Å². The van der Waals surface area contributed by atoms with Gasteiger partial charge in [-0.1, -0.05) is 29.3 Å². The van der Waals surface area contributed by atoms with Gasteiger partial charge in [0.05, 0.1) is 23.3 Å². The van der Waals surface area contributed by atoms with Crippen LogP contribution in [0.4, 0.5) is 0 Å². The van der Waals surface area contributed by atoms with E-state index >= 15 is 0 Å². The topological polar surface area (TPSA) is 41.5 Å². The van der Waals surface area contributed by atoms with Crippen molar-refractivity contribution in [3.05, 3.63) is 33.8 Å². The van der Waals surface area contributed by atoms with Crippen LogP contribution in [-0.2, 0) is 10.3 Å². The Labute approximate surface area is 129 Å². The first-order valence-corrected chi connectivity index (χ1v) is 6.85. The van der Waals surface area contributed by atoms with Gasteiger partial charge in [-0.3, -0.25) is 0 Å². The fourth-order valence-electron chi connectivity index (χ4n) is 2.35. The maximum Gasteiger partial charge on any atom is 0.106 e. The normalized spacial score (nSPS) is 22.9. The summed E-state index contributed by atoms with van der Waals surface area (Å²) in [7, 11) is 0. The summed E-state index contributed by atoms with van der Waals surface area (Å²) in [5, 5.41) is 13.4. The van der Waals surface area contributed by atoms with Crippen LogP contribution in [0, 0.1) is 0 Å². The highest BCUT2D eigenvalue weighted by molar-refractivity contribution is 6.42. The van der Waals surface area contributed by atoms with E-state index in [2.05, 4.69) is 5.32 Å². The molecule has 1 aliphatic rings. The first-order valence-electron chi connectivity index (χ1n) is 6.09. The van der Waals surface area contributed by atoms with Crippen LogP contribution in [-0.4, -0.2) is 31.4 Å². The molecule has 2 N–H and O–H groups in total. The van der Waals surface area contributed by atoms with E-state index in [0.717, 1.165) is 31.5 Å². The smallest absolute Gasteiger partial charge is 0.106 e. The van der Waals surface area contributed by atoms with Gasteiger partial charge in [0.2, 0.25) is 0 Å². The van der Waals surface area contributed by atoms with Crippen LogP contribution < -0.4 is 5.32 Å². The molecule has 0 bridgehead atoms. The van der Waals surface area contributed by atoms with E-state index in [1.54, 1.807) is 6.07 Å². The second-order valence-corrected chi connectivity index (χ2v) is 5.29. The highest BCUT2D eigenvalue weighted by Crippen LogP contribution is 2.35. The first-order chi connectivity index (χ1) is 8.68. The number of aliphatic hydroxyl groups excluding tert-OH is 1. The molecule has 1 fully saturated rings. The van der Waals surface area contributed by atoms with Crippen molar-refractivity contribution in [3.63, 3.8) is 0 Å². The van der Waals surface area contributed by atoms with Gasteiger partial charge in [0.25, 0.3) is 0 Å². The summed E-state index contributed by atoms with van der Waals surface area (Å²) in [5.41, 5.74) is 0.604. The summed E-state index contributed by atoms with van der Waals surface area (Å²) in [6.07, 6.45) is 1.95. The average Bonchev–Trinajstić information content (AvgIpc) is 2.40. The summed E-state index contributed by atoms with van der Waals surface area (Å²) in [5.74, 6) is 0. The molecule has 19 heavy (non-hydrogen) atoms. The van der Waals surface area contributed by atoms with Gasteiger partial charge >= 0.3 is 0 Å². The van der Waals surface area contributed by atoms with Crippen molar-refractivity contribution < 1.29 is 9.84 Å². The van der Waals surface area contributed by atoms with Crippen LogP contribution in [0.3, 0.4) is 0 Å². The largest absolute Gasteiger partial charge is 0.394 e. The van der Waals surface area contributed by atoms with Gasteiger partial charge in [-0.05, 0) is 37.1 Å². The minimum absolute atomic E-state index is 0. The summed E-state index contributed by atoms with van der Waals surface area (Å²) in [6, 6.07) is 5.59. The van der Waals surface area contributed by atoms with Crippen LogP contribution in [0.1, 0.15) is 18.4 Å². The molecule has 0 spiro atoms. The fraction of sp³-hybridized carbons (Fsp3) is 0.538. The van der Waals surface area contributed by atoms with Crippen molar-refractivity contribution in [3.8, 4) is 0 Å². The Kier molecular flexibility index (Phi) is 6.87. The number of halogens is 3. The molecular weight excluding hydrogens is 309 g/mol. The quantitative estimate of drug-likeness (QED) is 0.894. The van der Waals surface area contributed by atoms with E-state index in [4.69, 9.17) is 33.0 Å². The van der Waals surface area contributed by atoms with Crippen molar-refractivity contribution >= 4 is 35.6 Å². The molecule has 1 saturated heterocycles. The lowest BCUT2D eigenvalue weighted by Gasteiger charge is -2.38. The fourth-order valence-corrected chi connectivity index (χ4v) is 2.65. The minimum atomic E-state index is -0.408. The standard InChI is InChI=1S/C13H17Cl2NO2.ClH/c14-11-3-2-10(8-12(11)15)13(18-7-6-17)4-1-5-16-9-13;/h2-3,8,16-17H,1,4-7,9H2;1H. The first kappa shape index (κ1) is 17.0. The summed E-state index contributed by atoms with van der Waals surface area (Å²) in [4.78, 5) is 0. The molecule has 108 valence electrons. The molecule has 1 heterocycles. The molecule has 0 saturated carbocycles. The molecule has 1 aliphatic heterocycles. The summed E-state index contributed by atoms with van der Waals surface area (Å²) >= 11 is 12.0. The number of hydrogen-bond acceptors (Lipinski definition) is 3. The van der Waals surface area contributed by atoms with Gasteiger partial charge in [0.1, 0.15) is 5.60 Å². The molecule has 0 amide bonds. The van der Waals surface area contributed by atoms with E-state index in [1.165, 1.54) is 0 Å². The van der Waals surface area contributed by atoms with Gasteiger partial charge < -0.3 is 15.2 Å². The second kappa shape index (κ2) is 7.67. The Hall–Kier alpha value is -0.0300. The van der Waals surface area contributed by atoms with Gasteiger partial charge in [0.15, 0.2) is 0 Å². The predicted molar refractivity (Wildman–Crippen MR) is 80.5 cm³/mol. The molecule has 0 aromatic heterocycles. The van der Waals surface area contributed by atoms with E-state index in [1.807, 2.05) is 12.1 Å². The molecule has 3 nitrogen and oxygen atoms in total. The van der Waals surface area contributed by atoms with E-state index < -0.39 is 5.60 Å². The maximum atomic E-state index is 8.96. The second-order valence-electron chi connectivity index (χ2n) is 4.48. The van der Waals surface area contributed by atoms with Crippen molar-refractivity contribution in [1.82, 2.24) is 5.32 Å². The number of piperidine rings is 1. The highest BCUT2D eigenvalue weighted by atomic mass is 35.5. The van der Waals surface area contributed by atoms with E-state index in [0.29, 0.717) is 16.7 Å². The zero-order chi connectivity index (χ0) is 13.0. The van der Waals surface area contributed by atoms with Crippen LogP contribution in [0.5, 0.6) is 0 Å². The molecule has 1 atom stereocenters. The van der Waals surface area contributed by atoms with Gasteiger partial charge in [0, 0.05) is 6.54 Å².